The molecule has 1 aromatic carbocycles. The molecule has 0 fully saturated rings. The predicted octanol–water partition coefficient (Wildman–Crippen LogP) is 5.62. The van der Waals surface area contributed by atoms with E-state index in [-0.39, 0.29) is 11.9 Å². The van der Waals surface area contributed by atoms with Crippen molar-refractivity contribution in [3.05, 3.63) is 35.6 Å². The second kappa shape index (κ2) is 11.7. The van der Waals surface area contributed by atoms with Crippen molar-refractivity contribution in [3.63, 3.8) is 0 Å². The Balaban J connectivity index is 1.97. The lowest BCUT2D eigenvalue weighted by Crippen LogP contribution is -2.22. The summed E-state index contributed by atoms with van der Waals surface area (Å²) in [5.41, 5.74) is 7.14. The van der Waals surface area contributed by atoms with Crippen molar-refractivity contribution in [2.45, 2.75) is 83.6 Å². The monoisotopic (exact) mass is 293 g/mol. The molecule has 2 heteroatoms. The molecule has 2 N–H and O–H groups in total. The summed E-state index contributed by atoms with van der Waals surface area (Å²) in [4.78, 5) is 0. The number of rotatable bonds is 12. The summed E-state index contributed by atoms with van der Waals surface area (Å²) in [6, 6.07) is 6.96. The van der Waals surface area contributed by atoms with Crippen LogP contribution in [0.25, 0.3) is 0 Å². The summed E-state index contributed by atoms with van der Waals surface area (Å²) in [5.74, 6) is -0.164. The molecule has 21 heavy (non-hydrogen) atoms. The zero-order valence-corrected chi connectivity index (χ0v) is 13.6. The Hall–Kier alpha value is -0.890. The van der Waals surface area contributed by atoms with E-state index in [0.717, 1.165) is 18.4 Å². The number of hydrogen-bond donors (Lipinski definition) is 1. The van der Waals surface area contributed by atoms with E-state index in [1.165, 1.54) is 63.9 Å². The lowest BCUT2D eigenvalue weighted by atomic mass is 10.00. The molecule has 0 aromatic heterocycles. The molecule has 1 unspecified atom stereocenters. The molecule has 1 nitrogen and oxygen atoms in total. The van der Waals surface area contributed by atoms with E-state index < -0.39 is 0 Å². The van der Waals surface area contributed by atoms with Crippen molar-refractivity contribution >= 4 is 0 Å². The zero-order chi connectivity index (χ0) is 15.3. The van der Waals surface area contributed by atoms with Crippen LogP contribution in [0.4, 0.5) is 4.39 Å². The molecule has 0 radical (unpaired) electrons. The van der Waals surface area contributed by atoms with Crippen LogP contribution in [0.15, 0.2) is 24.3 Å². The van der Waals surface area contributed by atoms with E-state index in [2.05, 4.69) is 6.92 Å². The standard InChI is InChI=1S/C19H32FN/c1-2-3-4-5-6-7-8-9-10-14-19(21)16-17-12-11-13-18(20)15-17/h11-13,15,19H,2-10,14,16,21H2,1H3. The van der Waals surface area contributed by atoms with Gasteiger partial charge >= 0.3 is 0 Å². The fourth-order valence-electron chi connectivity index (χ4n) is 2.79. The molecule has 0 aliphatic carbocycles. The fourth-order valence-corrected chi connectivity index (χ4v) is 2.79. The summed E-state index contributed by atoms with van der Waals surface area (Å²) in [6.45, 7) is 2.26. The van der Waals surface area contributed by atoms with Gasteiger partial charge in [-0.1, -0.05) is 76.8 Å². The highest BCUT2D eigenvalue weighted by Gasteiger charge is 2.04. The quantitative estimate of drug-likeness (QED) is 0.497. The smallest absolute Gasteiger partial charge is 0.123 e. The van der Waals surface area contributed by atoms with Gasteiger partial charge in [0.25, 0.3) is 0 Å². The SMILES string of the molecule is CCCCCCCCCCCC(N)Cc1cccc(F)c1. The van der Waals surface area contributed by atoms with E-state index in [0.29, 0.717) is 0 Å². The average Bonchev–Trinajstić information content (AvgIpc) is 2.45. The Morgan fingerprint density at radius 1 is 0.952 bits per heavy atom. The van der Waals surface area contributed by atoms with Gasteiger partial charge in [0.15, 0.2) is 0 Å². The Morgan fingerprint density at radius 3 is 2.19 bits per heavy atom. The Bertz CT molecular complexity index is 364. The lowest BCUT2D eigenvalue weighted by Gasteiger charge is -2.11. The predicted molar refractivity (Wildman–Crippen MR) is 89.9 cm³/mol. The minimum absolute atomic E-state index is 0.163. The number of benzene rings is 1. The van der Waals surface area contributed by atoms with Crippen molar-refractivity contribution in [2.24, 2.45) is 5.73 Å². The minimum atomic E-state index is -0.164. The van der Waals surface area contributed by atoms with Gasteiger partial charge in [0, 0.05) is 6.04 Å². The third-order valence-corrected chi connectivity index (χ3v) is 4.07. The van der Waals surface area contributed by atoms with Crippen molar-refractivity contribution in [2.75, 3.05) is 0 Å². The maximum absolute atomic E-state index is 13.1. The van der Waals surface area contributed by atoms with Gasteiger partial charge in [-0.05, 0) is 30.5 Å². The Kier molecular flexibility index (Phi) is 10.1. The van der Waals surface area contributed by atoms with Crippen molar-refractivity contribution in [1.29, 1.82) is 0 Å². The molecule has 0 aliphatic heterocycles. The molecule has 1 aromatic rings. The summed E-state index contributed by atoms with van der Waals surface area (Å²) in [5, 5.41) is 0. The van der Waals surface area contributed by atoms with Crippen LogP contribution in [0.5, 0.6) is 0 Å². The average molecular weight is 293 g/mol. The molecule has 0 heterocycles. The Labute approximate surface area is 130 Å². The van der Waals surface area contributed by atoms with Crippen molar-refractivity contribution in [3.8, 4) is 0 Å². The molecule has 1 atom stereocenters. The van der Waals surface area contributed by atoms with Crippen LogP contribution in [0.2, 0.25) is 0 Å². The van der Waals surface area contributed by atoms with Crippen LogP contribution >= 0.6 is 0 Å². The topological polar surface area (TPSA) is 26.0 Å². The molecule has 0 bridgehead atoms. The van der Waals surface area contributed by atoms with Crippen LogP contribution in [-0.2, 0) is 6.42 Å². The van der Waals surface area contributed by atoms with Crippen molar-refractivity contribution in [1.82, 2.24) is 0 Å². The fraction of sp³-hybridized carbons (Fsp3) is 0.684. The van der Waals surface area contributed by atoms with Crippen LogP contribution in [0, 0.1) is 5.82 Å². The number of halogens is 1. The van der Waals surface area contributed by atoms with Gasteiger partial charge in [-0.25, -0.2) is 4.39 Å². The normalized spacial score (nSPS) is 12.5. The van der Waals surface area contributed by atoms with Crippen molar-refractivity contribution < 1.29 is 4.39 Å². The third-order valence-electron chi connectivity index (χ3n) is 4.07. The molecular formula is C19H32FN. The second-order valence-electron chi connectivity index (χ2n) is 6.21. The molecule has 0 spiro atoms. The van der Waals surface area contributed by atoms with Gasteiger partial charge in [-0.15, -0.1) is 0 Å². The van der Waals surface area contributed by atoms with Gasteiger partial charge in [0.05, 0.1) is 0 Å². The maximum Gasteiger partial charge on any atom is 0.123 e. The Morgan fingerprint density at radius 2 is 1.57 bits per heavy atom. The highest BCUT2D eigenvalue weighted by atomic mass is 19.1. The molecule has 120 valence electrons. The highest BCUT2D eigenvalue weighted by molar-refractivity contribution is 5.17. The van der Waals surface area contributed by atoms with E-state index in [1.807, 2.05) is 6.07 Å². The van der Waals surface area contributed by atoms with E-state index in [9.17, 15) is 4.39 Å². The van der Waals surface area contributed by atoms with Gasteiger partial charge in [-0.3, -0.25) is 0 Å². The maximum atomic E-state index is 13.1. The molecular weight excluding hydrogens is 261 g/mol. The van der Waals surface area contributed by atoms with Gasteiger partial charge < -0.3 is 5.73 Å². The summed E-state index contributed by atoms with van der Waals surface area (Å²) in [6.07, 6.45) is 13.9. The summed E-state index contributed by atoms with van der Waals surface area (Å²) in [7, 11) is 0. The number of nitrogens with two attached hydrogens (primary N) is 1. The number of hydrogen-bond acceptors (Lipinski definition) is 1. The number of unbranched alkanes of at least 4 members (excludes halogenated alkanes) is 8. The van der Waals surface area contributed by atoms with Gasteiger partial charge in [-0.2, -0.15) is 0 Å². The van der Waals surface area contributed by atoms with Gasteiger partial charge in [0.1, 0.15) is 5.82 Å². The largest absolute Gasteiger partial charge is 0.327 e. The van der Waals surface area contributed by atoms with Crippen LogP contribution in [0.1, 0.15) is 76.7 Å². The summed E-state index contributed by atoms with van der Waals surface area (Å²) >= 11 is 0. The first kappa shape index (κ1) is 18.2. The minimum Gasteiger partial charge on any atom is -0.327 e. The first-order chi connectivity index (χ1) is 10.2. The first-order valence-electron chi connectivity index (χ1n) is 8.72. The van der Waals surface area contributed by atoms with E-state index in [4.69, 9.17) is 5.73 Å². The van der Waals surface area contributed by atoms with Gasteiger partial charge in [0.2, 0.25) is 0 Å². The van der Waals surface area contributed by atoms with E-state index >= 15 is 0 Å². The van der Waals surface area contributed by atoms with Crippen LogP contribution < -0.4 is 5.73 Å². The highest BCUT2D eigenvalue weighted by Crippen LogP contribution is 2.13. The second-order valence-corrected chi connectivity index (χ2v) is 6.21. The molecule has 0 aliphatic rings. The van der Waals surface area contributed by atoms with Crippen LogP contribution in [-0.4, -0.2) is 6.04 Å². The third kappa shape index (κ3) is 9.62. The van der Waals surface area contributed by atoms with Crippen LogP contribution in [0.3, 0.4) is 0 Å². The lowest BCUT2D eigenvalue weighted by molar-refractivity contribution is 0.521. The van der Waals surface area contributed by atoms with E-state index in [1.54, 1.807) is 12.1 Å². The molecule has 0 saturated heterocycles. The molecule has 0 saturated carbocycles. The zero-order valence-electron chi connectivity index (χ0n) is 13.6. The first-order valence-corrected chi connectivity index (χ1v) is 8.72. The molecule has 0 amide bonds. The summed E-state index contributed by atoms with van der Waals surface area (Å²) < 4.78 is 13.1. The molecule has 1 rings (SSSR count).